The lowest BCUT2D eigenvalue weighted by molar-refractivity contribution is -0.137. The number of hydrogen-bond acceptors (Lipinski definition) is 6. The Hall–Kier alpha value is -3.12. The number of halogens is 3. The van der Waals surface area contributed by atoms with E-state index in [2.05, 4.69) is 10.00 Å². The van der Waals surface area contributed by atoms with Crippen LogP contribution in [0.2, 0.25) is 0 Å². The number of nitrogens with two attached hydrogens (primary N) is 1. The maximum atomic E-state index is 13.0. The van der Waals surface area contributed by atoms with Gasteiger partial charge < -0.3 is 15.1 Å². The second-order valence-electron chi connectivity index (χ2n) is 7.75. The van der Waals surface area contributed by atoms with Crippen LogP contribution in [0.1, 0.15) is 12.0 Å². The van der Waals surface area contributed by atoms with E-state index in [0.717, 1.165) is 6.07 Å². The summed E-state index contributed by atoms with van der Waals surface area (Å²) in [5, 5.41) is 4.59. The van der Waals surface area contributed by atoms with Crippen molar-refractivity contribution in [3.63, 3.8) is 0 Å². The molecule has 0 aliphatic carbocycles. The summed E-state index contributed by atoms with van der Waals surface area (Å²) in [6, 6.07) is 8.88. The first-order chi connectivity index (χ1) is 15.7. The molecule has 1 amide bonds. The van der Waals surface area contributed by atoms with Gasteiger partial charge in [-0.15, -0.1) is 5.10 Å². The molecule has 176 valence electrons. The second kappa shape index (κ2) is 9.40. The molecule has 33 heavy (non-hydrogen) atoms. The van der Waals surface area contributed by atoms with Crippen molar-refractivity contribution in [3.05, 3.63) is 53.0 Å². The predicted octanol–water partition coefficient (Wildman–Crippen LogP) is 3.35. The summed E-state index contributed by atoms with van der Waals surface area (Å²) in [6.07, 6.45) is -2.72. The maximum absolute atomic E-state index is 13.0. The molecule has 0 unspecified atom stereocenters. The number of carbonyl (C=O) groups is 1. The van der Waals surface area contributed by atoms with Crippen molar-refractivity contribution in [1.82, 2.24) is 19.2 Å². The fourth-order valence-electron chi connectivity index (χ4n) is 3.76. The van der Waals surface area contributed by atoms with Crippen LogP contribution in [0.3, 0.4) is 0 Å². The smallest absolute Gasteiger partial charge is 0.416 e. The SMILES string of the molecule is NC(=O)CCn1c(-c2ccco2)nn(CN2CCN(c3cccc(C(F)(F)F)c3)CC2)c1=S. The zero-order valence-corrected chi connectivity index (χ0v) is 18.5. The van der Waals surface area contributed by atoms with Gasteiger partial charge in [-0.2, -0.15) is 13.2 Å². The Morgan fingerprint density at radius 1 is 1.15 bits per heavy atom. The maximum Gasteiger partial charge on any atom is 0.416 e. The standard InChI is InChI=1S/C21H23F3N6O2S/c22-21(23,24)15-3-1-4-16(13-15)28-10-8-27(9-11-28)14-30-20(33)29(7-6-18(25)31)19(26-30)17-5-2-12-32-17/h1-5,12-13H,6-11,14H2,(H2,25,31). The van der Waals surface area contributed by atoms with E-state index in [9.17, 15) is 18.0 Å². The molecule has 0 saturated carbocycles. The molecule has 0 spiro atoms. The van der Waals surface area contributed by atoms with Crippen LogP contribution in [0.25, 0.3) is 11.6 Å². The van der Waals surface area contributed by atoms with Gasteiger partial charge >= 0.3 is 6.18 Å². The molecular weight excluding hydrogens is 457 g/mol. The average Bonchev–Trinajstić information content (AvgIpc) is 3.41. The third kappa shape index (κ3) is 5.28. The highest BCUT2D eigenvalue weighted by atomic mass is 32.1. The summed E-state index contributed by atoms with van der Waals surface area (Å²) in [6.45, 7) is 3.09. The second-order valence-corrected chi connectivity index (χ2v) is 8.11. The lowest BCUT2D eigenvalue weighted by Gasteiger charge is -2.36. The number of carbonyl (C=O) groups excluding carboxylic acids is 1. The Balaban J connectivity index is 1.46. The lowest BCUT2D eigenvalue weighted by atomic mass is 10.1. The molecule has 2 N–H and O–H groups in total. The van der Waals surface area contributed by atoms with Gasteiger partial charge in [0.25, 0.3) is 0 Å². The van der Waals surface area contributed by atoms with Gasteiger partial charge in [-0.05, 0) is 42.5 Å². The van der Waals surface area contributed by atoms with Crippen LogP contribution in [0.15, 0.2) is 47.1 Å². The van der Waals surface area contributed by atoms with Crippen molar-refractivity contribution in [2.45, 2.75) is 25.8 Å². The third-order valence-corrected chi connectivity index (χ3v) is 5.92. The quantitative estimate of drug-likeness (QED) is 0.522. The van der Waals surface area contributed by atoms with E-state index in [1.54, 1.807) is 27.4 Å². The van der Waals surface area contributed by atoms with Crippen LogP contribution in [-0.2, 0) is 24.2 Å². The summed E-state index contributed by atoms with van der Waals surface area (Å²) in [5.74, 6) is 0.591. The van der Waals surface area contributed by atoms with Crippen molar-refractivity contribution in [3.8, 4) is 11.6 Å². The number of furan rings is 1. The van der Waals surface area contributed by atoms with Crippen molar-refractivity contribution in [2.24, 2.45) is 5.73 Å². The first kappa shape index (κ1) is 23.1. The number of alkyl halides is 3. The van der Waals surface area contributed by atoms with Gasteiger partial charge in [-0.1, -0.05) is 6.07 Å². The van der Waals surface area contributed by atoms with E-state index < -0.39 is 17.6 Å². The fourth-order valence-corrected chi connectivity index (χ4v) is 4.04. The van der Waals surface area contributed by atoms with E-state index in [-0.39, 0.29) is 13.0 Å². The third-order valence-electron chi connectivity index (χ3n) is 5.49. The van der Waals surface area contributed by atoms with Gasteiger partial charge in [0.05, 0.1) is 18.5 Å². The lowest BCUT2D eigenvalue weighted by Crippen LogP contribution is -2.47. The van der Waals surface area contributed by atoms with Crippen LogP contribution < -0.4 is 10.6 Å². The number of amides is 1. The molecule has 4 rings (SSSR count). The number of anilines is 1. The number of piperazine rings is 1. The van der Waals surface area contributed by atoms with Crippen molar-refractivity contribution >= 4 is 23.8 Å². The fraction of sp³-hybridized carbons (Fsp3) is 0.381. The molecule has 2 aromatic heterocycles. The molecule has 0 atom stereocenters. The predicted molar refractivity (Wildman–Crippen MR) is 118 cm³/mol. The number of benzene rings is 1. The van der Waals surface area contributed by atoms with Crippen molar-refractivity contribution in [1.29, 1.82) is 0 Å². The minimum Gasteiger partial charge on any atom is -0.461 e. The van der Waals surface area contributed by atoms with Gasteiger partial charge in [-0.25, -0.2) is 4.68 Å². The van der Waals surface area contributed by atoms with E-state index in [1.807, 2.05) is 4.90 Å². The highest BCUT2D eigenvalue weighted by molar-refractivity contribution is 7.71. The molecule has 1 saturated heterocycles. The highest BCUT2D eigenvalue weighted by Crippen LogP contribution is 2.32. The van der Waals surface area contributed by atoms with Gasteiger partial charge in [0.1, 0.15) is 0 Å². The first-order valence-corrected chi connectivity index (χ1v) is 10.8. The Labute approximate surface area is 193 Å². The number of nitrogens with zero attached hydrogens (tertiary/aromatic N) is 5. The van der Waals surface area contributed by atoms with Crippen molar-refractivity contribution in [2.75, 3.05) is 31.1 Å². The minimum absolute atomic E-state index is 0.114. The Kier molecular flexibility index (Phi) is 6.56. The molecule has 1 aliphatic heterocycles. The van der Waals surface area contributed by atoms with E-state index >= 15 is 0 Å². The van der Waals surface area contributed by atoms with Gasteiger partial charge in [-0.3, -0.25) is 14.3 Å². The molecular formula is C21H23F3N6O2S. The summed E-state index contributed by atoms with van der Waals surface area (Å²) < 4.78 is 48.4. The van der Waals surface area contributed by atoms with E-state index in [1.165, 1.54) is 18.4 Å². The van der Waals surface area contributed by atoms with Gasteiger partial charge in [0.2, 0.25) is 5.91 Å². The zero-order valence-electron chi connectivity index (χ0n) is 17.7. The zero-order chi connectivity index (χ0) is 23.6. The van der Waals surface area contributed by atoms with Crippen LogP contribution in [-0.4, -0.2) is 51.3 Å². The Morgan fingerprint density at radius 2 is 1.91 bits per heavy atom. The molecule has 3 aromatic rings. The average molecular weight is 481 g/mol. The molecule has 12 heteroatoms. The number of hydrogen-bond donors (Lipinski definition) is 1. The molecule has 1 aliphatic rings. The number of primary amides is 1. The molecule has 0 bridgehead atoms. The van der Waals surface area contributed by atoms with Gasteiger partial charge in [0, 0.05) is 44.8 Å². The van der Waals surface area contributed by atoms with Crippen molar-refractivity contribution < 1.29 is 22.4 Å². The largest absolute Gasteiger partial charge is 0.461 e. The number of rotatable bonds is 7. The molecule has 1 fully saturated rings. The highest BCUT2D eigenvalue weighted by Gasteiger charge is 2.31. The normalized spacial score (nSPS) is 15.2. The Morgan fingerprint density at radius 3 is 2.55 bits per heavy atom. The summed E-state index contributed by atoms with van der Waals surface area (Å²) in [5.41, 5.74) is 5.20. The number of aromatic nitrogens is 3. The first-order valence-electron chi connectivity index (χ1n) is 10.4. The summed E-state index contributed by atoms with van der Waals surface area (Å²) >= 11 is 5.58. The minimum atomic E-state index is -4.37. The summed E-state index contributed by atoms with van der Waals surface area (Å²) in [4.78, 5) is 15.3. The molecule has 0 radical (unpaired) electrons. The molecule has 8 nitrogen and oxygen atoms in total. The van der Waals surface area contributed by atoms with Crippen LogP contribution in [0, 0.1) is 4.77 Å². The van der Waals surface area contributed by atoms with E-state index in [4.69, 9.17) is 22.4 Å². The Bertz CT molecular complexity index is 1160. The summed E-state index contributed by atoms with van der Waals surface area (Å²) in [7, 11) is 0. The van der Waals surface area contributed by atoms with Crippen LogP contribution >= 0.6 is 12.2 Å². The van der Waals surface area contributed by atoms with E-state index in [0.29, 0.717) is 54.9 Å². The van der Waals surface area contributed by atoms with Crippen LogP contribution in [0.5, 0.6) is 0 Å². The van der Waals surface area contributed by atoms with Crippen LogP contribution in [0.4, 0.5) is 18.9 Å². The topological polar surface area (TPSA) is 85.5 Å². The van der Waals surface area contributed by atoms with Gasteiger partial charge in [0.15, 0.2) is 16.4 Å². The molecule has 3 heterocycles. The monoisotopic (exact) mass is 480 g/mol. The molecule has 1 aromatic carbocycles.